The van der Waals surface area contributed by atoms with Crippen molar-refractivity contribution in [3.8, 4) is 5.69 Å². The molecule has 1 N–H and O–H groups in total. The van der Waals surface area contributed by atoms with Crippen LogP contribution in [0.15, 0.2) is 41.2 Å². The first kappa shape index (κ1) is 17.4. The van der Waals surface area contributed by atoms with E-state index in [9.17, 15) is 23.9 Å². The molecule has 1 saturated heterocycles. The van der Waals surface area contributed by atoms with E-state index in [-0.39, 0.29) is 23.8 Å². The highest BCUT2D eigenvalue weighted by molar-refractivity contribution is 5.93. The number of hydrogen-bond donors (Lipinski definition) is 1. The van der Waals surface area contributed by atoms with Crippen LogP contribution in [0.1, 0.15) is 23.3 Å². The lowest BCUT2D eigenvalue weighted by Gasteiger charge is -2.16. The highest BCUT2D eigenvalue weighted by atomic mass is 19.1. The topological polar surface area (TPSA) is 92.5 Å². The van der Waals surface area contributed by atoms with E-state index in [1.165, 1.54) is 29.2 Å². The van der Waals surface area contributed by atoms with Crippen molar-refractivity contribution in [1.82, 2.24) is 14.7 Å². The van der Waals surface area contributed by atoms with Crippen LogP contribution in [0.25, 0.3) is 5.69 Å². The maximum absolute atomic E-state index is 14.0. The van der Waals surface area contributed by atoms with E-state index < -0.39 is 29.2 Å². The molecule has 140 valence electrons. The number of amides is 1. The third-order valence-electron chi connectivity index (χ3n) is 5.30. The number of aromatic nitrogens is 2. The molecule has 1 saturated carbocycles. The number of carboxylic acid groups (broad SMARTS) is 1. The maximum atomic E-state index is 14.0. The Labute approximate surface area is 154 Å². The zero-order valence-corrected chi connectivity index (χ0v) is 14.4. The maximum Gasteiger partial charge on any atom is 0.308 e. The van der Waals surface area contributed by atoms with Crippen LogP contribution >= 0.6 is 0 Å². The molecule has 2 atom stereocenters. The third-order valence-corrected chi connectivity index (χ3v) is 5.30. The van der Waals surface area contributed by atoms with E-state index in [2.05, 4.69) is 5.10 Å². The van der Waals surface area contributed by atoms with Crippen LogP contribution in [-0.2, 0) is 4.79 Å². The van der Waals surface area contributed by atoms with E-state index in [4.69, 9.17) is 0 Å². The Morgan fingerprint density at radius 1 is 1.11 bits per heavy atom. The van der Waals surface area contributed by atoms with Gasteiger partial charge in [0.25, 0.3) is 11.5 Å². The summed E-state index contributed by atoms with van der Waals surface area (Å²) in [7, 11) is 0. The summed E-state index contributed by atoms with van der Waals surface area (Å²) in [5.41, 5.74) is -0.617. The molecule has 2 aliphatic rings. The lowest BCUT2D eigenvalue weighted by molar-refractivity contribution is -0.142. The van der Waals surface area contributed by atoms with Crippen LogP contribution in [0.3, 0.4) is 0 Å². The predicted octanol–water partition coefficient (Wildman–Crippen LogP) is 1.55. The second-order valence-corrected chi connectivity index (χ2v) is 7.08. The highest BCUT2D eigenvalue weighted by Crippen LogP contribution is 2.44. The van der Waals surface area contributed by atoms with Crippen molar-refractivity contribution in [2.45, 2.75) is 12.8 Å². The molecule has 1 aliphatic carbocycles. The average molecular weight is 371 g/mol. The summed E-state index contributed by atoms with van der Waals surface area (Å²) in [6.07, 6.45) is 1.99. The van der Waals surface area contributed by atoms with Crippen LogP contribution < -0.4 is 5.56 Å². The molecular formula is C19H18FN3O4. The number of hydrogen-bond acceptors (Lipinski definition) is 4. The number of para-hydroxylation sites is 1. The fourth-order valence-corrected chi connectivity index (χ4v) is 3.74. The average Bonchev–Trinajstić information content (AvgIpc) is 3.40. The summed E-state index contributed by atoms with van der Waals surface area (Å²) < 4.78 is 14.9. The van der Waals surface area contributed by atoms with Gasteiger partial charge in [0, 0.05) is 19.2 Å². The normalized spacial score (nSPS) is 22.0. The first-order valence-electron chi connectivity index (χ1n) is 8.83. The molecule has 1 aromatic heterocycles. The number of benzene rings is 1. The van der Waals surface area contributed by atoms with Crippen molar-refractivity contribution < 1.29 is 19.1 Å². The van der Waals surface area contributed by atoms with Crippen molar-refractivity contribution in [2.75, 3.05) is 13.1 Å². The molecule has 4 rings (SSSR count). The van der Waals surface area contributed by atoms with Crippen molar-refractivity contribution in [2.24, 2.45) is 17.8 Å². The minimum atomic E-state index is -0.897. The van der Waals surface area contributed by atoms with Crippen LogP contribution in [0.2, 0.25) is 0 Å². The Bertz CT molecular complexity index is 969. The summed E-state index contributed by atoms with van der Waals surface area (Å²) in [6.45, 7) is 0.483. The van der Waals surface area contributed by atoms with E-state index >= 15 is 0 Å². The van der Waals surface area contributed by atoms with Gasteiger partial charge in [-0.1, -0.05) is 12.1 Å². The predicted molar refractivity (Wildman–Crippen MR) is 93.0 cm³/mol. The van der Waals surface area contributed by atoms with E-state index in [1.54, 1.807) is 6.07 Å². The lowest BCUT2D eigenvalue weighted by Crippen LogP contribution is -2.33. The monoisotopic (exact) mass is 371 g/mol. The SMILES string of the molecule is O=C(O)[C@H]1CN(C(=O)c2ccc(=O)n(-c3ccccc3F)n2)C[C@@H]1C1CC1. The van der Waals surface area contributed by atoms with Gasteiger partial charge in [0.05, 0.1) is 5.92 Å². The van der Waals surface area contributed by atoms with Crippen LogP contribution in [0, 0.1) is 23.6 Å². The zero-order valence-electron chi connectivity index (χ0n) is 14.4. The van der Waals surface area contributed by atoms with E-state index in [0.717, 1.165) is 23.6 Å². The quantitative estimate of drug-likeness (QED) is 0.880. The van der Waals surface area contributed by atoms with Crippen molar-refractivity contribution in [1.29, 1.82) is 0 Å². The van der Waals surface area contributed by atoms with E-state index in [1.807, 2.05) is 0 Å². The Morgan fingerprint density at radius 2 is 1.85 bits per heavy atom. The number of carbonyl (C=O) groups excluding carboxylic acids is 1. The van der Waals surface area contributed by atoms with Gasteiger partial charge >= 0.3 is 5.97 Å². The molecule has 0 unspecified atom stereocenters. The Hall–Kier alpha value is -3.03. The smallest absolute Gasteiger partial charge is 0.308 e. The molecule has 8 heteroatoms. The van der Waals surface area contributed by atoms with Crippen molar-refractivity contribution in [3.63, 3.8) is 0 Å². The summed E-state index contributed by atoms with van der Waals surface area (Å²) in [6, 6.07) is 8.12. The van der Waals surface area contributed by atoms with Gasteiger partial charge in [-0.15, -0.1) is 0 Å². The number of rotatable bonds is 4. The molecule has 0 bridgehead atoms. The third kappa shape index (κ3) is 3.22. The molecule has 2 fully saturated rings. The fourth-order valence-electron chi connectivity index (χ4n) is 3.74. The van der Waals surface area contributed by atoms with Gasteiger partial charge in [-0.05, 0) is 42.9 Å². The van der Waals surface area contributed by atoms with Crippen LogP contribution in [-0.4, -0.2) is 44.8 Å². The second-order valence-electron chi connectivity index (χ2n) is 7.08. The zero-order chi connectivity index (χ0) is 19.1. The van der Waals surface area contributed by atoms with Crippen LogP contribution in [0.5, 0.6) is 0 Å². The second kappa shape index (κ2) is 6.61. The number of carboxylic acids is 1. The van der Waals surface area contributed by atoms with Gasteiger partial charge in [-0.2, -0.15) is 9.78 Å². The Kier molecular flexibility index (Phi) is 4.25. The summed E-state index contributed by atoms with van der Waals surface area (Å²) in [4.78, 5) is 37.9. The molecule has 2 aromatic rings. The largest absolute Gasteiger partial charge is 0.481 e. The molecule has 0 spiro atoms. The lowest BCUT2D eigenvalue weighted by atomic mass is 9.92. The highest BCUT2D eigenvalue weighted by Gasteiger charge is 2.47. The summed E-state index contributed by atoms with van der Waals surface area (Å²) in [5, 5.41) is 13.5. The molecule has 0 radical (unpaired) electrons. The molecule has 1 aromatic carbocycles. The molecule has 1 amide bonds. The summed E-state index contributed by atoms with van der Waals surface area (Å²) in [5.74, 6) is -2.26. The minimum absolute atomic E-state index is 0.0153. The molecule has 7 nitrogen and oxygen atoms in total. The van der Waals surface area contributed by atoms with Gasteiger partial charge in [0.2, 0.25) is 0 Å². The van der Waals surface area contributed by atoms with Gasteiger partial charge < -0.3 is 10.0 Å². The van der Waals surface area contributed by atoms with Gasteiger partial charge in [-0.3, -0.25) is 14.4 Å². The number of nitrogens with zero attached hydrogens (tertiary/aromatic N) is 3. The molecule has 2 heterocycles. The number of carbonyl (C=O) groups is 2. The molecule has 1 aliphatic heterocycles. The van der Waals surface area contributed by atoms with Crippen molar-refractivity contribution >= 4 is 11.9 Å². The molecular weight excluding hydrogens is 353 g/mol. The number of likely N-dealkylation sites (tertiary alicyclic amines) is 1. The first-order chi connectivity index (χ1) is 13.0. The summed E-state index contributed by atoms with van der Waals surface area (Å²) >= 11 is 0. The number of aliphatic carboxylic acids is 1. The van der Waals surface area contributed by atoms with Crippen molar-refractivity contribution in [3.05, 3.63) is 58.3 Å². The van der Waals surface area contributed by atoms with Gasteiger partial charge in [-0.25, -0.2) is 4.39 Å². The minimum Gasteiger partial charge on any atom is -0.481 e. The first-order valence-corrected chi connectivity index (χ1v) is 8.83. The standard InChI is InChI=1S/C19H18FN3O4/c20-14-3-1-2-4-16(14)23-17(24)8-7-15(21-23)18(25)22-9-12(11-5-6-11)13(10-22)19(26)27/h1-4,7-8,11-13H,5-6,9-10H2,(H,26,27)/t12-,13+/m1/s1. The molecule has 27 heavy (non-hydrogen) atoms. The number of halogens is 1. The van der Waals surface area contributed by atoms with Gasteiger partial charge in [0.1, 0.15) is 17.2 Å². The Morgan fingerprint density at radius 3 is 2.52 bits per heavy atom. The Balaban J connectivity index is 1.63. The van der Waals surface area contributed by atoms with Gasteiger partial charge in [0.15, 0.2) is 0 Å². The van der Waals surface area contributed by atoms with Crippen LogP contribution in [0.4, 0.5) is 4.39 Å². The van der Waals surface area contributed by atoms with E-state index in [0.29, 0.717) is 12.5 Å². The fraction of sp³-hybridized carbons (Fsp3) is 0.368.